The second kappa shape index (κ2) is 7.71. The number of benzene rings is 1. The Labute approximate surface area is 160 Å². The number of carboxylic acid groups (broad SMARTS) is 1. The highest BCUT2D eigenvalue weighted by Crippen LogP contribution is 2.33. The molecule has 0 aliphatic carbocycles. The number of allylic oxidation sites excluding steroid dienone is 2. The van der Waals surface area contributed by atoms with Gasteiger partial charge in [-0.3, -0.25) is 4.79 Å². The Bertz CT molecular complexity index is 882. The average Bonchev–Trinajstić information content (AvgIpc) is 2.63. The number of rotatable bonds is 5. The third-order valence-electron chi connectivity index (χ3n) is 4.84. The van der Waals surface area contributed by atoms with Crippen LogP contribution in [-0.2, 0) is 9.59 Å². The highest BCUT2D eigenvalue weighted by molar-refractivity contribution is 6.07. The molecule has 5 N–H and O–H groups in total. The predicted octanol–water partition coefficient (Wildman–Crippen LogP) is 1.23. The Morgan fingerprint density at radius 1 is 1.46 bits per heavy atom. The molecule has 2 aliphatic heterocycles. The highest BCUT2D eigenvalue weighted by atomic mass is 19.1. The molecule has 3 rings (SSSR count). The molecule has 1 aromatic carbocycles. The molecule has 148 valence electrons. The minimum atomic E-state index is -1.27. The number of carbonyl (C=O) groups is 3. The van der Waals surface area contributed by atoms with E-state index in [1.807, 2.05) is 6.08 Å². The number of urea groups is 1. The van der Waals surface area contributed by atoms with E-state index in [2.05, 4.69) is 10.6 Å². The first kappa shape index (κ1) is 19.4. The number of amides is 3. The van der Waals surface area contributed by atoms with E-state index in [-0.39, 0.29) is 6.42 Å². The zero-order valence-electron chi connectivity index (χ0n) is 15.2. The summed E-state index contributed by atoms with van der Waals surface area (Å²) in [7, 11) is 0. The van der Waals surface area contributed by atoms with Crippen molar-refractivity contribution < 1.29 is 23.9 Å². The van der Waals surface area contributed by atoms with Crippen LogP contribution in [0.1, 0.15) is 24.9 Å². The molecule has 0 bridgehead atoms. The number of nitrogens with two attached hydrogens (primary N) is 1. The van der Waals surface area contributed by atoms with Crippen molar-refractivity contribution in [2.24, 2.45) is 11.7 Å². The molecular weight excluding hydrogens is 367 g/mol. The molecular formula is C19H21FN4O4. The summed E-state index contributed by atoms with van der Waals surface area (Å²) in [4.78, 5) is 37.4. The molecule has 2 unspecified atom stereocenters. The zero-order valence-corrected chi connectivity index (χ0v) is 15.2. The lowest BCUT2D eigenvalue weighted by atomic mass is 9.82. The van der Waals surface area contributed by atoms with E-state index in [0.717, 1.165) is 5.57 Å². The molecule has 0 saturated carbocycles. The zero-order chi connectivity index (χ0) is 20.4. The first-order chi connectivity index (χ1) is 13.3. The van der Waals surface area contributed by atoms with E-state index in [0.29, 0.717) is 22.8 Å². The Morgan fingerprint density at radius 2 is 2.21 bits per heavy atom. The maximum atomic E-state index is 13.4. The van der Waals surface area contributed by atoms with Crippen LogP contribution in [0.5, 0.6) is 0 Å². The fourth-order valence-corrected chi connectivity index (χ4v) is 3.38. The third-order valence-corrected chi connectivity index (χ3v) is 4.84. The molecule has 9 heteroatoms. The molecule has 1 saturated heterocycles. The SMILES string of the molecule is CC(NC(=O)N1C(=O)[C@H](CC2=CCNC(N)=C2)C1C(=O)O)c1cccc(F)c1. The number of β-lactam (4-membered cyclic amide) rings is 1. The van der Waals surface area contributed by atoms with Gasteiger partial charge in [0, 0.05) is 6.54 Å². The molecule has 0 spiro atoms. The second-order valence-electron chi connectivity index (χ2n) is 6.79. The number of nitrogens with one attached hydrogen (secondary N) is 2. The van der Waals surface area contributed by atoms with Crippen molar-refractivity contribution in [3.63, 3.8) is 0 Å². The van der Waals surface area contributed by atoms with Crippen LogP contribution in [-0.4, -0.2) is 40.5 Å². The minimum Gasteiger partial charge on any atom is -0.480 e. The summed E-state index contributed by atoms with van der Waals surface area (Å²) in [6, 6.07) is 2.99. The van der Waals surface area contributed by atoms with Gasteiger partial charge < -0.3 is 21.5 Å². The van der Waals surface area contributed by atoms with Crippen molar-refractivity contribution in [3.05, 3.63) is 59.2 Å². The van der Waals surface area contributed by atoms with Crippen LogP contribution in [0.4, 0.5) is 9.18 Å². The number of dihydropyridines is 1. The van der Waals surface area contributed by atoms with Gasteiger partial charge in [-0.05, 0) is 42.7 Å². The van der Waals surface area contributed by atoms with Crippen LogP contribution in [0.15, 0.2) is 47.8 Å². The van der Waals surface area contributed by atoms with Crippen molar-refractivity contribution in [2.45, 2.75) is 25.4 Å². The summed E-state index contributed by atoms with van der Waals surface area (Å²) in [6.45, 7) is 2.11. The van der Waals surface area contributed by atoms with E-state index < -0.39 is 41.7 Å². The van der Waals surface area contributed by atoms with Gasteiger partial charge in [-0.1, -0.05) is 18.2 Å². The van der Waals surface area contributed by atoms with E-state index in [1.54, 1.807) is 19.1 Å². The number of hydrogen-bond acceptors (Lipinski definition) is 5. The smallest absolute Gasteiger partial charge is 0.327 e. The Kier molecular flexibility index (Phi) is 5.34. The molecule has 8 nitrogen and oxygen atoms in total. The quantitative estimate of drug-likeness (QED) is 0.562. The maximum absolute atomic E-state index is 13.4. The number of hydrogen-bond donors (Lipinski definition) is 4. The molecule has 0 radical (unpaired) electrons. The van der Waals surface area contributed by atoms with Crippen LogP contribution in [0.2, 0.25) is 0 Å². The van der Waals surface area contributed by atoms with Gasteiger partial charge in [0.1, 0.15) is 5.82 Å². The van der Waals surface area contributed by atoms with Gasteiger partial charge in [0.05, 0.1) is 17.8 Å². The first-order valence-corrected chi connectivity index (χ1v) is 8.80. The number of aliphatic carboxylic acids is 1. The normalized spacial score (nSPS) is 22.4. The number of likely N-dealkylation sites (tertiary alicyclic amines) is 1. The fraction of sp³-hybridized carbons (Fsp3) is 0.316. The summed E-state index contributed by atoms with van der Waals surface area (Å²) in [5.74, 6) is -2.69. The average molecular weight is 388 g/mol. The second-order valence-corrected chi connectivity index (χ2v) is 6.79. The number of imide groups is 1. The van der Waals surface area contributed by atoms with E-state index >= 15 is 0 Å². The number of halogens is 1. The van der Waals surface area contributed by atoms with Gasteiger partial charge in [0.15, 0.2) is 6.04 Å². The summed E-state index contributed by atoms with van der Waals surface area (Å²) < 4.78 is 13.4. The summed E-state index contributed by atoms with van der Waals surface area (Å²) in [5, 5.41) is 15.0. The molecule has 0 aromatic heterocycles. The molecule has 3 amide bonds. The predicted molar refractivity (Wildman–Crippen MR) is 98.1 cm³/mol. The molecule has 28 heavy (non-hydrogen) atoms. The standard InChI is InChI=1S/C19H21FN4O4/c1-10(12-3-2-4-13(20)9-12)23-19(28)24-16(18(26)27)14(17(24)25)7-11-5-6-22-15(21)8-11/h2-5,8-10,14,16,22H,6-7,21H2,1H3,(H,23,28)(H,26,27)/t10?,14-,16?/m1/s1. The monoisotopic (exact) mass is 388 g/mol. The van der Waals surface area contributed by atoms with Crippen molar-refractivity contribution in [1.29, 1.82) is 0 Å². The maximum Gasteiger partial charge on any atom is 0.327 e. The topological polar surface area (TPSA) is 125 Å². The van der Waals surface area contributed by atoms with Crippen LogP contribution < -0.4 is 16.4 Å². The van der Waals surface area contributed by atoms with Gasteiger partial charge in [-0.2, -0.15) is 0 Å². The number of carboxylic acids is 1. The van der Waals surface area contributed by atoms with Crippen molar-refractivity contribution >= 4 is 17.9 Å². The molecule has 1 aromatic rings. The lowest BCUT2D eigenvalue weighted by molar-refractivity contribution is -0.165. The lowest BCUT2D eigenvalue weighted by Crippen LogP contribution is -2.68. The van der Waals surface area contributed by atoms with Gasteiger partial charge in [-0.25, -0.2) is 18.9 Å². The number of carbonyl (C=O) groups excluding carboxylic acids is 2. The Morgan fingerprint density at radius 3 is 2.86 bits per heavy atom. The molecule has 2 heterocycles. The van der Waals surface area contributed by atoms with E-state index in [9.17, 15) is 23.9 Å². The van der Waals surface area contributed by atoms with Gasteiger partial charge in [0.25, 0.3) is 0 Å². The summed E-state index contributed by atoms with van der Waals surface area (Å²) in [6.07, 6.45) is 3.64. The van der Waals surface area contributed by atoms with Crippen molar-refractivity contribution in [3.8, 4) is 0 Å². The third kappa shape index (κ3) is 3.83. The Balaban J connectivity index is 1.69. The van der Waals surface area contributed by atoms with Gasteiger partial charge in [0.2, 0.25) is 5.91 Å². The van der Waals surface area contributed by atoms with E-state index in [1.165, 1.54) is 18.2 Å². The summed E-state index contributed by atoms with van der Waals surface area (Å²) >= 11 is 0. The summed E-state index contributed by atoms with van der Waals surface area (Å²) in [5.41, 5.74) is 6.94. The fourth-order valence-electron chi connectivity index (χ4n) is 3.38. The largest absolute Gasteiger partial charge is 0.480 e. The minimum absolute atomic E-state index is 0.182. The van der Waals surface area contributed by atoms with Crippen LogP contribution in [0, 0.1) is 11.7 Å². The van der Waals surface area contributed by atoms with Crippen LogP contribution in [0.3, 0.4) is 0 Å². The first-order valence-electron chi connectivity index (χ1n) is 8.80. The van der Waals surface area contributed by atoms with Crippen molar-refractivity contribution in [1.82, 2.24) is 15.5 Å². The van der Waals surface area contributed by atoms with Gasteiger partial charge >= 0.3 is 12.0 Å². The number of nitrogens with zero attached hydrogens (tertiary/aromatic N) is 1. The molecule has 3 atom stereocenters. The van der Waals surface area contributed by atoms with Crippen LogP contribution in [0.25, 0.3) is 0 Å². The molecule has 2 aliphatic rings. The highest BCUT2D eigenvalue weighted by Gasteiger charge is 2.54. The Hall–Kier alpha value is -3.36. The lowest BCUT2D eigenvalue weighted by Gasteiger charge is -2.43. The molecule has 1 fully saturated rings. The van der Waals surface area contributed by atoms with E-state index in [4.69, 9.17) is 5.73 Å². The van der Waals surface area contributed by atoms with Crippen LogP contribution >= 0.6 is 0 Å². The van der Waals surface area contributed by atoms with Gasteiger partial charge in [-0.15, -0.1) is 0 Å². The van der Waals surface area contributed by atoms with Crippen molar-refractivity contribution in [2.75, 3.05) is 6.54 Å².